The average Bonchev–Trinajstić information content (AvgIpc) is 2.43. The highest BCUT2D eigenvalue weighted by atomic mass is 79.9. The highest BCUT2D eigenvalue weighted by molar-refractivity contribution is 9.10. The van der Waals surface area contributed by atoms with Crippen LogP contribution in [0, 0.1) is 6.92 Å². The fourth-order valence-corrected chi connectivity index (χ4v) is 2.91. The molecule has 0 saturated heterocycles. The van der Waals surface area contributed by atoms with Gasteiger partial charge >= 0.3 is 0 Å². The van der Waals surface area contributed by atoms with Crippen molar-refractivity contribution in [2.75, 3.05) is 18.5 Å². The molecule has 0 aliphatic rings. The number of benzene rings is 2. The summed E-state index contributed by atoms with van der Waals surface area (Å²) in [7, 11) is 2.05. The molecule has 0 aliphatic carbocycles. The van der Waals surface area contributed by atoms with Crippen molar-refractivity contribution in [3.05, 3.63) is 63.1 Å². The van der Waals surface area contributed by atoms with Crippen molar-refractivity contribution in [2.45, 2.75) is 13.0 Å². The van der Waals surface area contributed by atoms with Gasteiger partial charge in [-0.2, -0.15) is 0 Å². The smallest absolute Gasteiger partial charge is 0.0676 e. The summed E-state index contributed by atoms with van der Waals surface area (Å²) in [6.07, 6.45) is 0. The first-order chi connectivity index (χ1) is 9.52. The number of nitrogens with two attached hydrogens (primary N) is 1. The van der Waals surface area contributed by atoms with Gasteiger partial charge < -0.3 is 10.6 Å². The third kappa shape index (κ3) is 3.35. The topological polar surface area (TPSA) is 29.3 Å². The van der Waals surface area contributed by atoms with Crippen molar-refractivity contribution < 1.29 is 0 Å². The maximum absolute atomic E-state index is 6.33. The zero-order valence-electron chi connectivity index (χ0n) is 11.6. The van der Waals surface area contributed by atoms with Crippen LogP contribution in [0.2, 0.25) is 5.02 Å². The number of anilines is 1. The molecule has 2 aromatic carbocycles. The van der Waals surface area contributed by atoms with Crippen LogP contribution in [0.15, 0.2) is 46.9 Å². The number of nitrogens with zero attached hydrogens (tertiary/aromatic N) is 1. The van der Waals surface area contributed by atoms with Crippen LogP contribution in [0.5, 0.6) is 0 Å². The van der Waals surface area contributed by atoms with Gasteiger partial charge in [-0.05, 0) is 48.4 Å². The predicted octanol–water partition coefficient (Wildman–Crippen LogP) is 4.55. The van der Waals surface area contributed by atoms with Crippen LogP contribution in [0.4, 0.5) is 5.69 Å². The van der Waals surface area contributed by atoms with Gasteiger partial charge in [0, 0.05) is 28.8 Å². The molecule has 0 radical (unpaired) electrons. The molecule has 0 spiro atoms. The van der Waals surface area contributed by atoms with E-state index >= 15 is 0 Å². The Kier molecular flexibility index (Phi) is 5.08. The predicted molar refractivity (Wildman–Crippen MR) is 90.5 cm³/mol. The van der Waals surface area contributed by atoms with E-state index in [-0.39, 0.29) is 6.04 Å². The Morgan fingerprint density at radius 3 is 2.65 bits per heavy atom. The number of hydrogen-bond acceptors (Lipinski definition) is 2. The van der Waals surface area contributed by atoms with E-state index in [1.807, 2.05) is 25.2 Å². The highest BCUT2D eigenvalue weighted by Gasteiger charge is 2.19. The Bertz CT molecular complexity index is 601. The summed E-state index contributed by atoms with van der Waals surface area (Å²) in [4.78, 5) is 2.17. The molecule has 0 amide bonds. The van der Waals surface area contributed by atoms with E-state index in [0.717, 1.165) is 20.7 Å². The molecule has 1 unspecified atom stereocenters. The SMILES string of the molecule is Cc1cccc(N(C)C(CN)c2cc(Br)ccc2Cl)c1. The van der Waals surface area contributed by atoms with Crippen molar-refractivity contribution in [3.63, 3.8) is 0 Å². The standard InChI is InChI=1S/C16H18BrClN2/c1-11-4-3-5-13(8-11)20(2)16(10-19)14-9-12(17)6-7-15(14)18/h3-9,16H,10,19H2,1-2H3. The second kappa shape index (κ2) is 6.61. The molecule has 2 aromatic rings. The van der Waals surface area contributed by atoms with Gasteiger partial charge in [0.2, 0.25) is 0 Å². The lowest BCUT2D eigenvalue weighted by atomic mass is 10.0. The zero-order valence-corrected chi connectivity index (χ0v) is 13.9. The molecule has 106 valence electrons. The third-order valence-electron chi connectivity index (χ3n) is 3.42. The summed E-state index contributed by atoms with van der Waals surface area (Å²) in [5.74, 6) is 0. The van der Waals surface area contributed by atoms with Crippen LogP contribution < -0.4 is 10.6 Å². The molecular weight excluding hydrogens is 336 g/mol. The Morgan fingerprint density at radius 2 is 2.00 bits per heavy atom. The third-order valence-corrected chi connectivity index (χ3v) is 4.25. The van der Waals surface area contributed by atoms with Gasteiger partial charge in [-0.3, -0.25) is 0 Å². The Morgan fingerprint density at radius 1 is 1.25 bits per heavy atom. The van der Waals surface area contributed by atoms with Gasteiger partial charge in [0.05, 0.1) is 6.04 Å². The number of rotatable bonds is 4. The molecule has 0 aliphatic heterocycles. The highest BCUT2D eigenvalue weighted by Crippen LogP contribution is 2.32. The molecule has 1 atom stereocenters. The van der Waals surface area contributed by atoms with Crippen molar-refractivity contribution >= 4 is 33.2 Å². The minimum absolute atomic E-state index is 0.0433. The van der Waals surface area contributed by atoms with Crippen molar-refractivity contribution in [1.82, 2.24) is 0 Å². The molecule has 0 saturated carbocycles. The largest absolute Gasteiger partial charge is 0.366 e. The van der Waals surface area contributed by atoms with E-state index in [1.54, 1.807) is 0 Å². The molecule has 4 heteroatoms. The zero-order chi connectivity index (χ0) is 14.7. The van der Waals surface area contributed by atoms with Gasteiger partial charge in [0.25, 0.3) is 0 Å². The minimum atomic E-state index is 0.0433. The van der Waals surface area contributed by atoms with Crippen LogP contribution >= 0.6 is 27.5 Å². The number of hydrogen-bond donors (Lipinski definition) is 1. The van der Waals surface area contributed by atoms with E-state index in [2.05, 4.69) is 52.0 Å². The molecule has 2 nitrogen and oxygen atoms in total. The van der Waals surface area contributed by atoms with Crippen LogP contribution in [0.25, 0.3) is 0 Å². The summed E-state index contributed by atoms with van der Waals surface area (Å²) in [6, 6.07) is 14.3. The molecule has 0 aromatic heterocycles. The summed E-state index contributed by atoms with van der Waals surface area (Å²) in [6.45, 7) is 2.58. The molecule has 0 bridgehead atoms. The first kappa shape index (κ1) is 15.4. The van der Waals surface area contributed by atoms with Gasteiger partial charge in [0.15, 0.2) is 0 Å². The van der Waals surface area contributed by atoms with Gasteiger partial charge in [0.1, 0.15) is 0 Å². The minimum Gasteiger partial charge on any atom is -0.366 e. The number of aryl methyl sites for hydroxylation is 1. The molecule has 0 fully saturated rings. The van der Waals surface area contributed by atoms with Crippen LogP contribution in [0.3, 0.4) is 0 Å². The van der Waals surface area contributed by atoms with E-state index in [0.29, 0.717) is 6.54 Å². The summed E-state index contributed by atoms with van der Waals surface area (Å²) < 4.78 is 1.01. The van der Waals surface area contributed by atoms with E-state index in [1.165, 1.54) is 5.56 Å². The Balaban J connectivity index is 2.39. The van der Waals surface area contributed by atoms with Gasteiger partial charge in [-0.25, -0.2) is 0 Å². The van der Waals surface area contributed by atoms with Crippen molar-refractivity contribution in [1.29, 1.82) is 0 Å². The molecular formula is C16H18BrClN2. The number of halogens is 2. The van der Waals surface area contributed by atoms with Crippen molar-refractivity contribution in [3.8, 4) is 0 Å². The van der Waals surface area contributed by atoms with Gasteiger partial charge in [-0.15, -0.1) is 0 Å². The average molecular weight is 354 g/mol. The monoisotopic (exact) mass is 352 g/mol. The lowest BCUT2D eigenvalue weighted by Gasteiger charge is -2.30. The second-order valence-electron chi connectivity index (χ2n) is 4.87. The van der Waals surface area contributed by atoms with E-state index in [4.69, 9.17) is 17.3 Å². The summed E-state index contributed by atoms with van der Waals surface area (Å²) in [5, 5.41) is 0.739. The molecule has 20 heavy (non-hydrogen) atoms. The number of likely N-dealkylation sites (N-methyl/N-ethyl adjacent to an activating group) is 1. The maximum atomic E-state index is 6.33. The van der Waals surface area contributed by atoms with Crippen LogP contribution in [0.1, 0.15) is 17.2 Å². The van der Waals surface area contributed by atoms with Gasteiger partial charge in [-0.1, -0.05) is 39.7 Å². The quantitative estimate of drug-likeness (QED) is 0.874. The van der Waals surface area contributed by atoms with Crippen LogP contribution in [-0.2, 0) is 0 Å². The normalized spacial score (nSPS) is 12.2. The Labute approximate surface area is 133 Å². The lowest BCUT2D eigenvalue weighted by molar-refractivity contribution is 0.680. The summed E-state index contributed by atoms with van der Waals surface area (Å²) >= 11 is 9.82. The molecule has 2 N–H and O–H groups in total. The van der Waals surface area contributed by atoms with Crippen molar-refractivity contribution in [2.24, 2.45) is 5.73 Å². The second-order valence-corrected chi connectivity index (χ2v) is 6.19. The Hall–Kier alpha value is -1.03. The van der Waals surface area contributed by atoms with E-state index in [9.17, 15) is 0 Å². The first-order valence-electron chi connectivity index (χ1n) is 6.47. The first-order valence-corrected chi connectivity index (χ1v) is 7.64. The molecule has 0 heterocycles. The fraction of sp³-hybridized carbons (Fsp3) is 0.250. The fourth-order valence-electron chi connectivity index (χ4n) is 2.29. The van der Waals surface area contributed by atoms with Crippen LogP contribution in [-0.4, -0.2) is 13.6 Å². The lowest BCUT2D eigenvalue weighted by Crippen LogP contribution is -2.30. The molecule has 2 rings (SSSR count). The van der Waals surface area contributed by atoms with E-state index < -0.39 is 0 Å². The summed E-state index contributed by atoms with van der Waals surface area (Å²) in [5.41, 5.74) is 9.38. The maximum Gasteiger partial charge on any atom is 0.0676 e.